The van der Waals surface area contributed by atoms with E-state index < -0.39 is 11.3 Å². The molecular weight excluding hydrogens is 308 g/mol. The van der Waals surface area contributed by atoms with Crippen molar-refractivity contribution in [1.82, 2.24) is 10.3 Å². The van der Waals surface area contributed by atoms with Crippen LogP contribution >= 0.6 is 0 Å². The second-order valence-corrected chi connectivity index (χ2v) is 4.99. The lowest BCUT2D eigenvalue weighted by molar-refractivity contribution is -0.354. The number of H-pyrrole nitrogens is 1. The molecule has 0 radical (unpaired) electrons. The summed E-state index contributed by atoms with van der Waals surface area (Å²) in [6.45, 7) is 0. The fraction of sp³-hybridized carbons (Fsp3) is 0.118. The Kier molecular flexibility index (Phi) is 5.90. The van der Waals surface area contributed by atoms with Gasteiger partial charge in [0.2, 0.25) is 11.2 Å². The zero-order valence-corrected chi connectivity index (χ0v) is 13.0. The van der Waals surface area contributed by atoms with E-state index in [9.17, 15) is 9.59 Å². The summed E-state index contributed by atoms with van der Waals surface area (Å²) in [6, 6.07) is 11.3. The molecule has 0 bridgehead atoms. The number of aryl methyl sites for hydroxylation is 2. The van der Waals surface area contributed by atoms with Crippen LogP contribution in [0.4, 0.5) is 5.82 Å². The van der Waals surface area contributed by atoms with Crippen LogP contribution in [-0.2, 0) is 12.8 Å². The van der Waals surface area contributed by atoms with Crippen molar-refractivity contribution in [2.75, 3.05) is 0 Å². The van der Waals surface area contributed by atoms with Gasteiger partial charge < -0.3 is 16.2 Å². The van der Waals surface area contributed by atoms with Gasteiger partial charge in [0.25, 0.3) is 5.91 Å². The van der Waals surface area contributed by atoms with Crippen LogP contribution in [0.5, 0.6) is 0 Å². The molecule has 0 aliphatic heterocycles. The number of rotatable bonds is 6. The Labute approximate surface area is 138 Å². The maximum absolute atomic E-state index is 12.3. The first kappa shape index (κ1) is 17.0. The van der Waals surface area contributed by atoms with E-state index in [2.05, 4.69) is 15.3 Å². The lowest BCUT2D eigenvalue weighted by Crippen LogP contribution is -2.66. The maximum Gasteiger partial charge on any atom is 0.266 e. The molecule has 0 atom stereocenters. The molecule has 7 heteroatoms. The summed E-state index contributed by atoms with van der Waals surface area (Å²) in [5.74, 6) is -0.447. The molecule has 7 nitrogen and oxygen atoms in total. The van der Waals surface area contributed by atoms with Gasteiger partial charge in [-0.05, 0) is 12.0 Å². The summed E-state index contributed by atoms with van der Waals surface area (Å²) in [6.07, 6.45) is 4.19. The van der Waals surface area contributed by atoms with Crippen LogP contribution in [0.25, 0.3) is 0 Å². The lowest BCUT2D eigenvalue weighted by atomic mass is 10.1. The third kappa shape index (κ3) is 4.33. The van der Waals surface area contributed by atoms with Crippen molar-refractivity contribution in [1.29, 1.82) is 0 Å². The molecule has 2 aromatic rings. The van der Waals surface area contributed by atoms with Gasteiger partial charge in [-0.1, -0.05) is 30.3 Å². The van der Waals surface area contributed by atoms with E-state index in [0.29, 0.717) is 18.4 Å². The van der Waals surface area contributed by atoms with Crippen molar-refractivity contribution in [3.8, 4) is 0 Å². The van der Waals surface area contributed by atoms with E-state index >= 15 is 0 Å². The highest BCUT2D eigenvalue weighted by Crippen LogP contribution is 2.08. The molecule has 0 fully saturated rings. The number of pyridine rings is 1. The Bertz CT molecular complexity index is 810. The Morgan fingerprint density at radius 1 is 1.29 bits per heavy atom. The summed E-state index contributed by atoms with van der Waals surface area (Å²) in [7, 11) is 0. The van der Waals surface area contributed by atoms with Crippen LogP contribution in [0.1, 0.15) is 21.6 Å². The number of aliphatic hydroxyl groups is 1. The van der Waals surface area contributed by atoms with Crippen molar-refractivity contribution in [3.63, 3.8) is 0 Å². The zero-order valence-electron chi connectivity index (χ0n) is 13.0. The normalized spacial score (nSPS) is 11.2. The molecule has 2 rings (SSSR count). The van der Waals surface area contributed by atoms with Crippen molar-refractivity contribution in [2.24, 2.45) is 5.73 Å². The number of aromatic amines is 1. The van der Waals surface area contributed by atoms with Gasteiger partial charge in [-0.2, -0.15) is 0 Å². The topological polar surface area (TPSA) is 122 Å². The molecule has 0 spiro atoms. The van der Waals surface area contributed by atoms with Gasteiger partial charge in [-0.25, -0.2) is 0 Å². The average molecular weight is 327 g/mol. The van der Waals surface area contributed by atoms with Crippen molar-refractivity contribution < 1.29 is 14.9 Å². The number of nitrogens with one attached hydrogen (secondary N) is 3. The van der Waals surface area contributed by atoms with Crippen molar-refractivity contribution in [2.45, 2.75) is 12.8 Å². The quantitative estimate of drug-likeness (QED) is 0.282. The monoisotopic (exact) mass is 327 g/mol. The second kappa shape index (κ2) is 8.33. The Balaban J connectivity index is 2.29. The Morgan fingerprint density at radius 2 is 2.04 bits per heavy atom. The van der Waals surface area contributed by atoms with Gasteiger partial charge in [0.1, 0.15) is 0 Å². The predicted octanol–water partition coefficient (Wildman–Crippen LogP) is -0.382. The Morgan fingerprint density at radius 3 is 2.71 bits per heavy atom. The number of amides is 1. The Hall–Kier alpha value is -3.35. The SMILES string of the molecule is NC=[NH+]c1[nH]c(CCc2ccccc2)cc(=O)c1C(=O)N/C=C/O. The van der Waals surface area contributed by atoms with Crippen LogP contribution in [0.3, 0.4) is 0 Å². The molecule has 24 heavy (non-hydrogen) atoms. The number of nitrogens with two attached hydrogens (primary N) is 1. The molecule has 1 aromatic heterocycles. The molecule has 0 saturated carbocycles. The molecule has 6 N–H and O–H groups in total. The standard InChI is InChI=1S/C17H18N4O3/c18-11-20-16-15(17(24)19-8-9-22)14(23)10-13(21-16)7-6-12-4-2-1-3-5-12/h1-5,8-11,22H,6-7H2,(H,19,24)(H3,18,20,21,23)/p+1/b9-8+. The first-order chi connectivity index (χ1) is 11.7. The van der Waals surface area contributed by atoms with Crippen LogP contribution in [-0.4, -0.2) is 22.3 Å². The van der Waals surface area contributed by atoms with Gasteiger partial charge in [0.05, 0.1) is 12.0 Å². The fourth-order valence-electron chi connectivity index (χ4n) is 2.27. The molecule has 0 unspecified atom stereocenters. The number of aliphatic hydroxyl groups excluding tert-OH is 1. The van der Waals surface area contributed by atoms with E-state index in [1.54, 1.807) is 0 Å². The summed E-state index contributed by atoms with van der Waals surface area (Å²) in [4.78, 5) is 30.0. The number of carbonyl (C=O) groups excluding carboxylic acids is 1. The van der Waals surface area contributed by atoms with E-state index in [4.69, 9.17) is 10.8 Å². The maximum atomic E-state index is 12.3. The van der Waals surface area contributed by atoms with E-state index in [1.165, 1.54) is 6.07 Å². The van der Waals surface area contributed by atoms with Crippen LogP contribution < -0.4 is 21.5 Å². The number of hydrogen-bond acceptors (Lipinski definition) is 3. The number of carbonyl (C=O) groups is 1. The third-order valence-corrected chi connectivity index (χ3v) is 3.36. The van der Waals surface area contributed by atoms with Gasteiger partial charge in [-0.3, -0.25) is 19.6 Å². The van der Waals surface area contributed by atoms with E-state index in [1.807, 2.05) is 30.3 Å². The van der Waals surface area contributed by atoms with Gasteiger partial charge >= 0.3 is 0 Å². The second-order valence-electron chi connectivity index (χ2n) is 4.99. The minimum Gasteiger partial charge on any atom is -0.514 e. The zero-order chi connectivity index (χ0) is 17.4. The van der Waals surface area contributed by atoms with Gasteiger partial charge in [-0.15, -0.1) is 0 Å². The minimum absolute atomic E-state index is 0.113. The van der Waals surface area contributed by atoms with Crippen LogP contribution in [0.15, 0.2) is 53.7 Å². The van der Waals surface area contributed by atoms with E-state index in [0.717, 1.165) is 24.5 Å². The summed E-state index contributed by atoms with van der Waals surface area (Å²) in [5.41, 5.74) is 6.63. The first-order valence-corrected chi connectivity index (χ1v) is 7.36. The fourth-order valence-corrected chi connectivity index (χ4v) is 2.27. The molecule has 0 saturated heterocycles. The predicted molar refractivity (Wildman–Crippen MR) is 91.0 cm³/mol. The van der Waals surface area contributed by atoms with Crippen molar-refractivity contribution in [3.05, 3.63) is 75.9 Å². The van der Waals surface area contributed by atoms with Crippen LogP contribution in [0.2, 0.25) is 0 Å². The molecule has 1 heterocycles. The highest BCUT2D eigenvalue weighted by molar-refractivity contribution is 5.97. The molecule has 0 aliphatic carbocycles. The van der Waals surface area contributed by atoms with Gasteiger partial charge in [0, 0.05) is 18.7 Å². The molecule has 124 valence electrons. The molecule has 1 amide bonds. The van der Waals surface area contributed by atoms with Gasteiger partial charge in [0.15, 0.2) is 11.9 Å². The number of aromatic nitrogens is 1. The summed E-state index contributed by atoms with van der Waals surface area (Å²) in [5, 5.41) is 10.9. The molecular formula is C17H19N4O3+. The smallest absolute Gasteiger partial charge is 0.266 e. The molecule has 1 aromatic carbocycles. The number of hydrogen-bond donors (Lipinski definition) is 5. The van der Waals surface area contributed by atoms with Crippen LogP contribution in [0, 0.1) is 0 Å². The van der Waals surface area contributed by atoms with E-state index in [-0.39, 0.29) is 11.4 Å². The largest absolute Gasteiger partial charge is 0.514 e. The summed E-state index contributed by atoms with van der Waals surface area (Å²) >= 11 is 0. The third-order valence-electron chi connectivity index (χ3n) is 3.36. The average Bonchev–Trinajstić information content (AvgIpc) is 2.59. The highest BCUT2D eigenvalue weighted by Gasteiger charge is 2.19. The molecule has 0 aliphatic rings. The summed E-state index contributed by atoms with van der Waals surface area (Å²) < 4.78 is 0. The number of benzene rings is 1. The highest BCUT2D eigenvalue weighted by atomic mass is 16.2. The first-order valence-electron chi connectivity index (χ1n) is 7.36. The minimum atomic E-state index is -0.652. The van der Waals surface area contributed by atoms with Crippen molar-refractivity contribution >= 4 is 18.1 Å². The lowest BCUT2D eigenvalue weighted by Gasteiger charge is -2.05.